The van der Waals surface area contributed by atoms with Gasteiger partial charge >= 0.3 is 5.97 Å². The maximum atomic E-state index is 11.9. The summed E-state index contributed by atoms with van der Waals surface area (Å²) in [5, 5.41) is 0.631. The van der Waals surface area contributed by atoms with Crippen LogP contribution in [0.5, 0.6) is 5.75 Å². The zero-order valence-corrected chi connectivity index (χ0v) is 15.4. The van der Waals surface area contributed by atoms with Crippen molar-refractivity contribution in [3.63, 3.8) is 0 Å². The lowest BCUT2D eigenvalue weighted by Gasteiger charge is -2.11. The molecule has 0 fully saturated rings. The smallest absolute Gasteiger partial charge is 0.342 e. The zero-order valence-electron chi connectivity index (χ0n) is 14.7. The molecule has 0 aliphatic heterocycles. The Morgan fingerprint density at radius 3 is 2.37 bits per heavy atom. The van der Waals surface area contributed by atoms with Crippen LogP contribution in [0.15, 0.2) is 91.2 Å². The van der Waals surface area contributed by atoms with E-state index in [2.05, 4.69) is 0 Å². The van der Waals surface area contributed by atoms with Crippen LogP contribution in [0.3, 0.4) is 0 Å². The monoisotopic (exact) mass is 378 g/mol. The van der Waals surface area contributed by atoms with Crippen molar-refractivity contribution in [3.8, 4) is 5.75 Å². The molecule has 0 atom stereocenters. The Morgan fingerprint density at radius 2 is 1.63 bits per heavy atom. The molecule has 0 bridgehead atoms. The highest BCUT2D eigenvalue weighted by molar-refractivity contribution is 6.30. The number of ether oxygens (including phenoxy) is 2. The lowest BCUT2D eigenvalue weighted by Crippen LogP contribution is -2.00. The molecule has 3 rings (SSSR count). The Hall–Kier alpha value is -3.04. The van der Waals surface area contributed by atoms with Crippen LogP contribution in [0.25, 0.3) is 0 Å². The molecule has 3 nitrogen and oxygen atoms in total. The van der Waals surface area contributed by atoms with Crippen molar-refractivity contribution in [2.75, 3.05) is 0 Å². The van der Waals surface area contributed by atoms with E-state index in [-0.39, 0.29) is 0 Å². The number of esters is 1. The average Bonchev–Trinajstić information content (AvgIpc) is 2.72. The fourth-order valence-electron chi connectivity index (χ4n) is 2.51. The molecule has 0 amide bonds. The van der Waals surface area contributed by atoms with Gasteiger partial charge in [0.15, 0.2) is 0 Å². The molecule has 136 valence electrons. The summed E-state index contributed by atoms with van der Waals surface area (Å²) in [6.07, 6.45) is 3.70. The van der Waals surface area contributed by atoms with Gasteiger partial charge in [-0.2, -0.15) is 0 Å². The molecule has 0 spiro atoms. The first-order valence-corrected chi connectivity index (χ1v) is 8.96. The predicted molar refractivity (Wildman–Crippen MR) is 107 cm³/mol. The van der Waals surface area contributed by atoms with Gasteiger partial charge in [-0.1, -0.05) is 60.1 Å². The second kappa shape index (κ2) is 9.60. The standard InChI is InChI=1S/C23H19ClO3/c24-21-13-14-22(27-17-18-8-3-1-4-9-18)20(16-21)12-7-15-26-23(25)19-10-5-2-6-11-19/h1-11,13-16H,12,17H2. The summed E-state index contributed by atoms with van der Waals surface area (Å²) in [6, 6.07) is 24.3. The molecule has 3 aromatic rings. The number of allylic oxidation sites excluding steroid dienone is 1. The minimum atomic E-state index is -0.390. The maximum Gasteiger partial charge on any atom is 0.342 e. The maximum absolute atomic E-state index is 11.9. The van der Waals surface area contributed by atoms with Crippen LogP contribution in [0, 0.1) is 0 Å². The van der Waals surface area contributed by atoms with Crippen LogP contribution >= 0.6 is 11.6 Å². The van der Waals surface area contributed by atoms with Crippen LogP contribution in [0.1, 0.15) is 21.5 Å². The van der Waals surface area contributed by atoms with Gasteiger partial charge in [-0.15, -0.1) is 0 Å². The predicted octanol–water partition coefficient (Wildman–Crippen LogP) is 5.83. The third-order valence-corrected chi connectivity index (χ3v) is 4.11. The molecule has 0 saturated heterocycles. The largest absolute Gasteiger partial charge is 0.489 e. The summed E-state index contributed by atoms with van der Waals surface area (Å²) in [5.74, 6) is 0.362. The molecule has 0 aliphatic carbocycles. The van der Waals surface area contributed by atoms with Crippen LogP contribution in [0.2, 0.25) is 5.02 Å². The van der Waals surface area contributed by atoms with Gasteiger partial charge in [-0.05, 0) is 54.0 Å². The van der Waals surface area contributed by atoms with Crippen LogP contribution in [0.4, 0.5) is 0 Å². The van der Waals surface area contributed by atoms with Crippen molar-refractivity contribution in [1.29, 1.82) is 0 Å². The van der Waals surface area contributed by atoms with Crippen molar-refractivity contribution in [1.82, 2.24) is 0 Å². The van der Waals surface area contributed by atoms with Crippen LogP contribution < -0.4 is 4.74 Å². The number of carbonyl (C=O) groups is 1. The Morgan fingerprint density at radius 1 is 0.926 bits per heavy atom. The average molecular weight is 379 g/mol. The lowest BCUT2D eigenvalue weighted by molar-refractivity contribution is 0.0662. The molecule has 3 aromatic carbocycles. The highest BCUT2D eigenvalue weighted by Crippen LogP contribution is 2.24. The Kier molecular flexibility index (Phi) is 6.66. The Labute approximate surface area is 163 Å². The minimum Gasteiger partial charge on any atom is -0.489 e. The molecule has 0 unspecified atom stereocenters. The van der Waals surface area contributed by atoms with Crippen LogP contribution in [-0.4, -0.2) is 5.97 Å². The number of hydrogen-bond acceptors (Lipinski definition) is 3. The fourth-order valence-corrected chi connectivity index (χ4v) is 2.71. The first-order chi connectivity index (χ1) is 13.2. The lowest BCUT2D eigenvalue weighted by atomic mass is 10.1. The van der Waals surface area contributed by atoms with Crippen LogP contribution in [-0.2, 0) is 17.8 Å². The van der Waals surface area contributed by atoms with Gasteiger partial charge in [0.25, 0.3) is 0 Å². The van der Waals surface area contributed by atoms with E-state index < -0.39 is 5.97 Å². The molecule has 4 heteroatoms. The topological polar surface area (TPSA) is 35.5 Å². The second-order valence-corrected chi connectivity index (χ2v) is 6.31. The highest BCUT2D eigenvalue weighted by atomic mass is 35.5. The van der Waals surface area contributed by atoms with E-state index in [0.717, 1.165) is 16.9 Å². The van der Waals surface area contributed by atoms with Gasteiger partial charge in [0.05, 0.1) is 11.8 Å². The first-order valence-electron chi connectivity index (χ1n) is 8.58. The van der Waals surface area contributed by atoms with Crippen molar-refractivity contribution in [2.24, 2.45) is 0 Å². The summed E-state index contributed by atoms with van der Waals surface area (Å²) in [4.78, 5) is 11.9. The van der Waals surface area contributed by atoms with E-state index >= 15 is 0 Å². The molecule has 0 heterocycles. The Bertz CT molecular complexity index is 905. The fraction of sp³-hybridized carbons (Fsp3) is 0.0870. The van der Waals surface area contributed by atoms with Gasteiger partial charge < -0.3 is 9.47 Å². The van der Waals surface area contributed by atoms with Gasteiger partial charge in [0.2, 0.25) is 0 Å². The van der Waals surface area contributed by atoms with E-state index in [1.54, 1.807) is 36.4 Å². The summed E-state index contributed by atoms with van der Waals surface area (Å²) in [6.45, 7) is 0.474. The molecular weight excluding hydrogens is 360 g/mol. The van der Waals surface area contributed by atoms with E-state index in [4.69, 9.17) is 21.1 Å². The summed E-state index contributed by atoms with van der Waals surface area (Å²) >= 11 is 6.11. The summed E-state index contributed by atoms with van der Waals surface area (Å²) in [5.41, 5.74) is 2.52. The quantitative estimate of drug-likeness (QED) is 0.383. The molecule has 0 saturated carbocycles. The number of hydrogen-bond donors (Lipinski definition) is 0. The number of carbonyl (C=O) groups excluding carboxylic acids is 1. The normalized spacial score (nSPS) is 10.7. The highest BCUT2D eigenvalue weighted by Gasteiger charge is 2.06. The van der Waals surface area contributed by atoms with Crippen molar-refractivity contribution >= 4 is 17.6 Å². The van der Waals surface area contributed by atoms with E-state index in [0.29, 0.717) is 23.6 Å². The van der Waals surface area contributed by atoms with E-state index in [1.165, 1.54) is 6.26 Å². The van der Waals surface area contributed by atoms with Gasteiger partial charge in [-0.25, -0.2) is 4.79 Å². The molecule has 0 N–H and O–H groups in total. The van der Waals surface area contributed by atoms with Crippen molar-refractivity contribution in [3.05, 3.63) is 113 Å². The van der Waals surface area contributed by atoms with Gasteiger partial charge in [-0.3, -0.25) is 0 Å². The van der Waals surface area contributed by atoms with E-state index in [9.17, 15) is 4.79 Å². The Balaban J connectivity index is 1.60. The zero-order chi connectivity index (χ0) is 18.9. The first kappa shape index (κ1) is 18.7. The van der Waals surface area contributed by atoms with Gasteiger partial charge in [0.1, 0.15) is 12.4 Å². The molecule has 27 heavy (non-hydrogen) atoms. The third-order valence-electron chi connectivity index (χ3n) is 3.88. The molecule has 0 aliphatic rings. The van der Waals surface area contributed by atoms with Gasteiger partial charge in [0, 0.05) is 5.02 Å². The van der Waals surface area contributed by atoms with E-state index in [1.807, 2.05) is 48.5 Å². The molecule has 0 radical (unpaired) electrons. The minimum absolute atomic E-state index is 0.390. The summed E-state index contributed by atoms with van der Waals surface area (Å²) in [7, 11) is 0. The SMILES string of the molecule is O=C(OC=CCc1cc(Cl)ccc1OCc1ccccc1)c1ccccc1. The summed E-state index contributed by atoms with van der Waals surface area (Å²) < 4.78 is 11.1. The number of rotatable bonds is 7. The second-order valence-electron chi connectivity index (χ2n) is 5.87. The third kappa shape index (κ3) is 5.73. The van der Waals surface area contributed by atoms with Crippen molar-refractivity contribution < 1.29 is 14.3 Å². The molecular formula is C23H19ClO3. The number of halogens is 1. The van der Waals surface area contributed by atoms with Crippen molar-refractivity contribution in [2.45, 2.75) is 13.0 Å². The number of benzene rings is 3. The molecule has 0 aromatic heterocycles.